The van der Waals surface area contributed by atoms with Crippen LogP contribution < -0.4 is 4.90 Å². The van der Waals surface area contributed by atoms with E-state index in [1.165, 1.54) is 0 Å². The van der Waals surface area contributed by atoms with Gasteiger partial charge in [-0.3, -0.25) is 4.79 Å². The summed E-state index contributed by atoms with van der Waals surface area (Å²) < 4.78 is 0. The summed E-state index contributed by atoms with van der Waals surface area (Å²) in [4.78, 5) is 18.9. The van der Waals surface area contributed by atoms with Crippen molar-refractivity contribution in [2.45, 2.75) is 18.9 Å². The molecule has 20 heavy (non-hydrogen) atoms. The van der Waals surface area contributed by atoms with Crippen LogP contribution in [0.15, 0.2) is 24.3 Å². The number of nitrogens with zero attached hydrogens (tertiary/aromatic N) is 3. The van der Waals surface area contributed by atoms with Crippen LogP contribution >= 0.6 is 0 Å². The minimum Gasteiger partial charge on any atom is -0.377 e. The summed E-state index contributed by atoms with van der Waals surface area (Å²) in [6, 6.07) is 8.44. The predicted octanol–water partition coefficient (Wildman–Crippen LogP) is 1.92. The molecule has 1 aromatic rings. The van der Waals surface area contributed by atoms with Crippen molar-refractivity contribution in [3.8, 4) is 0 Å². The van der Waals surface area contributed by atoms with Crippen molar-refractivity contribution in [2.75, 3.05) is 46.2 Å². The quantitative estimate of drug-likeness (QED) is 0.843. The maximum atomic E-state index is 12.7. The van der Waals surface area contributed by atoms with Crippen molar-refractivity contribution < 1.29 is 4.79 Å². The Kier molecular flexibility index (Phi) is 4.65. The fraction of sp³-hybridized carbons (Fsp3) is 0.562. The number of carbonyl (C=O) groups is 1. The third kappa shape index (κ3) is 3.12. The fourth-order valence-corrected chi connectivity index (χ4v) is 2.80. The standard InChI is InChI=1S/C16H25N3O/c1-17(2)13-9-11-19(12-10-13)16(20)14-7-5-6-8-15(14)18(3)4/h5-8,13H,9-12H2,1-4H3. The minimum atomic E-state index is 0.159. The molecule has 0 atom stereocenters. The molecule has 0 saturated carbocycles. The molecule has 1 heterocycles. The Labute approximate surface area is 122 Å². The van der Waals surface area contributed by atoms with E-state index in [0.717, 1.165) is 37.2 Å². The molecule has 1 aliphatic rings. The zero-order valence-corrected chi connectivity index (χ0v) is 13.0. The van der Waals surface area contributed by atoms with Crippen LogP contribution in [0.25, 0.3) is 0 Å². The molecule has 1 amide bonds. The lowest BCUT2D eigenvalue weighted by molar-refractivity contribution is 0.0664. The van der Waals surface area contributed by atoms with Crippen molar-refractivity contribution in [3.63, 3.8) is 0 Å². The maximum Gasteiger partial charge on any atom is 0.255 e. The summed E-state index contributed by atoms with van der Waals surface area (Å²) in [7, 11) is 8.18. The zero-order chi connectivity index (χ0) is 14.7. The van der Waals surface area contributed by atoms with Gasteiger partial charge in [-0.15, -0.1) is 0 Å². The van der Waals surface area contributed by atoms with Gasteiger partial charge in [0.2, 0.25) is 0 Å². The third-order valence-electron chi connectivity index (χ3n) is 4.10. The Bertz CT molecular complexity index is 463. The molecule has 1 saturated heterocycles. The summed E-state index contributed by atoms with van der Waals surface area (Å²) in [6.45, 7) is 1.70. The Morgan fingerprint density at radius 1 is 1.10 bits per heavy atom. The van der Waals surface area contributed by atoms with Crippen LogP contribution in [0.4, 0.5) is 5.69 Å². The number of likely N-dealkylation sites (tertiary alicyclic amines) is 1. The first-order chi connectivity index (χ1) is 9.50. The zero-order valence-electron chi connectivity index (χ0n) is 13.0. The lowest BCUT2D eigenvalue weighted by Gasteiger charge is -2.35. The van der Waals surface area contributed by atoms with Gasteiger partial charge in [0.05, 0.1) is 5.56 Å². The van der Waals surface area contributed by atoms with Crippen LogP contribution in [0, 0.1) is 0 Å². The van der Waals surface area contributed by atoms with Crippen molar-refractivity contribution in [3.05, 3.63) is 29.8 Å². The lowest BCUT2D eigenvalue weighted by Crippen LogP contribution is -2.44. The highest BCUT2D eigenvalue weighted by atomic mass is 16.2. The van der Waals surface area contributed by atoms with Crippen molar-refractivity contribution in [1.82, 2.24) is 9.80 Å². The van der Waals surface area contributed by atoms with E-state index < -0.39 is 0 Å². The number of rotatable bonds is 3. The first-order valence-corrected chi connectivity index (χ1v) is 7.22. The van der Waals surface area contributed by atoms with E-state index in [1.54, 1.807) is 0 Å². The minimum absolute atomic E-state index is 0.159. The normalized spacial score (nSPS) is 16.6. The van der Waals surface area contributed by atoms with Gasteiger partial charge in [-0.2, -0.15) is 0 Å². The lowest BCUT2D eigenvalue weighted by atomic mass is 10.0. The number of benzene rings is 1. The SMILES string of the molecule is CN(C)c1ccccc1C(=O)N1CCC(N(C)C)CC1. The van der Waals surface area contributed by atoms with Crippen LogP contribution in [0.3, 0.4) is 0 Å². The summed E-state index contributed by atoms with van der Waals surface area (Å²) in [5.41, 5.74) is 1.80. The largest absolute Gasteiger partial charge is 0.377 e. The average molecular weight is 275 g/mol. The van der Waals surface area contributed by atoms with Crippen molar-refractivity contribution in [2.24, 2.45) is 0 Å². The molecule has 1 fully saturated rings. The smallest absolute Gasteiger partial charge is 0.255 e. The predicted molar refractivity (Wildman–Crippen MR) is 83.4 cm³/mol. The van der Waals surface area contributed by atoms with Crippen LogP contribution in [-0.2, 0) is 0 Å². The Balaban J connectivity index is 2.10. The molecule has 0 N–H and O–H groups in total. The highest BCUT2D eigenvalue weighted by Crippen LogP contribution is 2.22. The second-order valence-electron chi connectivity index (χ2n) is 5.90. The number of hydrogen-bond acceptors (Lipinski definition) is 3. The molecule has 4 heteroatoms. The van der Waals surface area contributed by atoms with E-state index in [2.05, 4.69) is 19.0 Å². The van der Waals surface area contributed by atoms with E-state index in [0.29, 0.717) is 6.04 Å². The molecular weight excluding hydrogens is 250 g/mol. The van der Waals surface area contributed by atoms with Gasteiger partial charge in [-0.25, -0.2) is 0 Å². The number of amides is 1. The second-order valence-corrected chi connectivity index (χ2v) is 5.90. The highest BCUT2D eigenvalue weighted by molar-refractivity contribution is 5.99. The van der Waals surface area contributed by atoms with Gasteiger partial charge in [0.25, 0.3) is 5.91 Å². The molecule has 4 nitrogen and oxygen atoms in total. The number of para-hydroxylation sites is 1. The van der Waals surface area contributed by atoms with Gasteiger partial charge < -0.3 is 14.7 Å². The van der Waals surface area contributed by atoms with Gasteiger partial charge in [0, 0.05) is 38.9 Å². The number of hydrogen-bond donors (Lipinski definition) is 0. The first kappa shape index (κ1) is 14.9. The Morgan fingerprint density at radius 3 is 2.25 bits per heavy atom. The van der Waals surface area contributed by atoms with Gasteiger partial charge in [0.1, 0.15) is 0 Å². The van der Waals surface area contributed by atoms with Crippen LogP contribution in [0.5, 0.6) is 0 Å². The molecule has 2 rings (SSSR count). The van der Waals surface area contributed by atoms with E-state index in [9.17, 15) is 4.79 Å². The summed E-state index contributed by atoms with van der Waals surface area (Å²) >= 11 is 0. The molecule has 1 aromatic carbocycles. The third-order valence-corrected chi connectivity index (χ3v) is 4.10. The average Bonchev–Trinajstić information content (AvgIpc) is 2.46. The molecule has 1 aliphatic heterocycles. The summed E-state index contributed by atoms with van der Waals surface area (Å²) in [5.74, 6) is 0.159. The highest BCUT2D eigenvalue weighted by Gasteiger charge is 2.25. The number of anilines is 1. The monoisotopic (exact) mass is 275 g/mol. The van der Waals surface area contributed by atoms with E-state index in [4.69, 9.17) is 0 Å². The molecule has 0 aliphatic carbocycles. The van der Waals surface area contributed by atoms with Crippen LogP contribution in [0.2, 0.25) is 0 Å². The Hall–Kier alpha value is -1.55. The van der Waals surface area contributed by atoms with E-state index in [-0.39, 0.29) is 5.91 Å². The summed E-state index contributed by atoms with van der Waals surface area (Å²) in [6.07, 6.45) is 2.12. The fourth-order valence-electron chi connectivity index (χ4n) is 2.80. The molecule has 110 valence electrons. The van der Waals surface area contributed by atoms with E-state index in [1.807, 2.05) is 48.2 Å². The molecule has 0 unspecified atom stereocenters. The van der Waals surface area contributed by atoms with Gasteiger partial charge in [-0.1, -0.05) is 12.1 Å². The molecule has 0 spiro atoms. The van der Waals surface area contributed by atoms with Crippen LogP contribution in [-0.4, -0.2) is 63.0 Å². The Morgan fingerprint density at radius 2 is 1.70 bits per heavy atom. The number of carbonyl (C=O) groups excluding carboxylic acids is 1. The number of piperidine rings is 1. The van der Waals surface area contributed by atoms with Crippen molar-refractivity contribution >= 4 is 11.6 Å². The maximum absolute atomic E-state index is 12.7. The van der Waals surface area contributed by atoms with Crippen LogP contribution in [0.1, 0.15) is 23.2 Å². The van der Waals surface area contributed by atoms with Gasteiger partial charge >= 0.3 is 0 Å². The molecule has 0 aromatic heterocycles. The first-order valence-electron chi connectivity index (χ1n) is 7.22. The summed E-state index contributed by atoms with van der Waals surface area (Å²) in [5, 5.41) is 0. The topological polar surface area (TPSA) is 26.8 Å². The van der Waals surface area contributed by atoms with Crippen molar-refractivity contribution in [1.29, 1.82) is 0 Å². The molecule has 0 bridgehead atoms. The van der Waals surface area contributed by atoms with E-state index >= 15 is 0 Å². The molecule has 0 radical (unpaired) electrons. The second kappa shape index (κ2) is 6.27. The molecular formula is C16H25N3O. The van der Waals surface area contributed by atoms with Gasteiger partial charge in [0.15, 0.2) is 0 Å². The van der Waals surface area contributed by atoms with Gasteiger partial charge in [-0.05, 0) is 39.1 Å².